The number of amides is 1. The van der Waals surface area contributed by atoms with Crippen molar-refractivity contribution in [2.75, 3.05) is 10.6 Å². The predicted octanol–water partition coefficient (Wildman–Crippen LogP) is 5.02. The van der Waals surface area contributed by atoms with E-state index < -0.39 is 0 Å². The Bertz CT molecular complexity index is 861. The van der Waals surface area contributed by atoms with Crippen molar-refractivity contribution in [2.24, 2.45) is 0 Å². The topological polar surface area (TPSA) is 54.0 Å². The highest BCUT2D eigenvalue weighted by atomic mass is 79.9. The molecule has 0 radical (unpaired) electrons. The molecule has 1 aromatic heterocycles. The summed E-state index contributed by atoms with van der Waals surface area (Å²) in [5, 5.41) is 6.12. The normalized spacial score (nSPS) is 10.3. The fourth-order valence-corrected chi connectivity index (χ4v) is 2.65. The number of benzene rings is 2. The fourth-order valence-electron chi connectivity index (χ4n) is 2.39. The van der Waals surface area contributed by atoms with E-state index in [4.69, 9.17) is 0 Å². The molecule has 2 aromatic carbocycles. The van der Waals surface area contributed by atoms with Gasteiger partial charge in [-0.2, -0.15) is 0 Å². The highest BCUT2D eigenvalue weighted by molar-refractivity contribution is 9.10. The van der Waals surface area contributed by atoms with Gasteiger partial charge in [-0.25, -0.2) is 4.98 Å². The minimum atomic E-state index is -0.180. The van der Waals surface area contributed by atoms with Crippen molar-refractivity contribution in [2.45, 2.75) is 13.5 Å². The average molecular weight is 396 g/mol. The molecule has 0 atom stereocenters. The largest absolute Gasteiger partial charge is 0.380 e. The van der Waals surface area contributed by atoms with Crippen LogP contribution in [0.2, 0.25) is 0 Å². The Morgan fingerprint density at radius 3 is 2.56 bits per heavy atom. The maximum absolute atomic E-state index is 12.2. The first-order chi connectivity index (χ1) is 12.1. The van der Waals surface area contributed by atoms with Crippen LogP contribution in [0.25, 0.3) is 0 Å². The maximum Gasteiger partial charge on any atom is 0.256 e. The Kier molecular flexibility index (Phi) is 5.46. The Labute approximate surface area is 155 Å². The van der Waals surface area contributed by atoms with Crippen LogP contribution in [0, 0.1) is 6.92 Å². The first-order valence-corrected chi connectivity index (χ1v) is 8.72. The van der Waals surface area contributed by atoms with Gasteiger partial charge >= 0.3 is 0 Å². The Hall–Kier alpha value is -2.66. The van der Waals surface area contributed by atoms with Crippen LogP contribution in [0.15, 0.2) is 71.3 Å². The zero-order chi connectivity index (χ0) is 17.6. The van der Waals surface area contributed by atoms with Crippen LogP contribution in [-0.2, 0) is 6.54 Å². The molecule has 1 amide bonds. The summed E-state index contributed by atoms with van der Waals surface area (Å²) in [6, 6.07) is 19.2. The standard InChI is InChI=1S/C20H18BrN3O/c1-14-3-2-4-15(11-14)12-22-18-9-10-19(23-13-18)24-20(25)16-5-7-17(21)8-6-16/h2-11,13,22H,12H2,1H3,(H,23,24,25). The number of aromatic nitrogens is 1. The van der Waals surface area contributed by atoms with Gasteiger partial charge in [0.1, 0.15) is 5.82 Å². The van der Waals surface area contributed by atoms with Gasteiger partial charge in [0.05, 0.1) is 11.9 Å². The average Bonchev–Trinajstić information content (AvgIpc) is 2.62. The van der Waals surface area contributed by atoms with Crippen LogP contribution in [-0.4, -0.2) is 10.9 Å². The Morgan fingerprint density at radius 2 is 1.88 bits per heavy atom. The smallest absolute Gasteiger partial charge is 0.256 e. The van der Waals surface area contributed by atoms with Crippen molar-refractivity contribution < 1.29 is 4.79 Å². The number of pyridine rings is 1. The summed E-state index contributed by atoms with van der Waals surface area (Å²) in [5.74, 6) is 0.342. The van der Waals surface area contributed by atoms with E-state index in [9.17, 15) is 4.79 Å². The number of halogens is 1. The highest BCUT2D eigenvalue weighted by Gasteiger charge is 2.06. The molecule has 3 aromatic rings. The molecule has 0 saturated heterocycles. The van der Waals surface area contributed by atoms with Gasteiger partial charge in [-0.1, -0.05) is 45.8 Å². The molecule has 3 rings (SSSR count). The number of nitrogens with one attached hydrogen (secondary N) is 2. The number of anilines is 2. The van der Waals surface area contributed by atoms with E-state index in [0.29, 0.717) is 11.4 Å². The molecule has 0 bridgehead atoms. The summed E-state index contributed by atoms with van der Waals surface area (Å²) in [6.07, 6.45) is 1.72. The molecule has 2 N–H and O–H groups in total. The van der Waals surface area contributed by atoms with Crippen molar-refractivity contribution in [3.63, 3.8) is 0 Å². The van der Waals surface area contributed by atoms with Gasteiger partial charge in [0, 0.05) is 16.6 Å². The molecule has 0 aliphatic heterocycles. The Morgan fingerprint density at radius 1 is 1.08 bits per heavy atom. The first kappa shape index (κ1) is 17.2. The van der Waals surface area contributed by atoms with Gasteiger partial charge < -0.3 is 10.6 Å². The third-order valence-corrected chi connectivity index (χ3v) is 4.22. The van der Waals surface area contributed by atoms with Crippen molar-refractivity contribution in [1.82, 2.24) is 4.98 Å². The molecule has 1 heterocycles. The number of rotatable bonds is 5. The molecule has 25 heavy (non-hydrogen) atoms. The zero-order valence-corrected chi connectivity index (χ0v) is 15.4. The summed E-state index contributed by atoms with van der Waals surface area (Å²) in [5.41, 5.74) is 3.95. The van der Waals surface area contributed by atoms with Gasteiger partial charge in [-0.15, -0.1) is 0 Å². The second-order valence-electron chi connectivity index (χ2n) is 5.74. The minimum Gasteiger partial charge on any atom is -0.380 e. The van der Waals surface area contributed by atoms with Gasteiger partial charge in [0.25, 0.3) is 5.91 Å². The molecule has 4 nitrogen and oxygen atoms in total. The summed E-state index contributed by atoms with van der Waals surface area (Å²) in [4.78, 5) is 16.5. The molecule has 0 aliphatic carbocycles. The summed E-state index contributed by atoms with van der Waals surface area (Å²) in [7, 11) is 0. The van der Waals surface area contributed by atoms with Crippen LogP contribution < -0.4 is 10.6 Å². The fraction of sp³-hybridized carbons (Fsp3) is 0.100. The summed E-state index contributed by atoms with van der Waals surface area (Å²) in [6.45, 7) is 2.81. The molecule has 0 fully saturated rings. The minimum absolute atomic E-state index is 0.180. The van der Waals surface area contributed by atoms with Crippen molar-refractivity contribution >= 4 is 33.3 Å². The van der Waals surface area contributed by atoms with E-state index in [-0.39, 0.29) is 5.91 Å². The summed E-state index contributed by atoms with van der Waals surface area (Å²) < 4.78 is 0.936. The van der Waals surface area contributed by atoms with E-state index in [2.05, 4.69) is 56.7 Å². The number of carbonyl (C=O) groups is 1. The molecule has 0 aliphatic rings. The predicted molar refractivity (Wildman–Crippen MR) is 105 cm³/mol. The van der Waals surface area contributed by atoms with Crippen LogP contribution in [0.4, 0.5) is 11.5 Å². The lowest BCUT2D eigenvalue weighted by atomic mass is 10.1. The van der Waals surface area contributed by atoms with Crippen molar-refractivity contribution in [3.8, 4) is 0 Å². The molecule has 0 saturated carbocycles. The van der Waals surface area contributed by atoms with E-state index in [0.717, 1.165) is 16.7 Å². The van der Waals surface area contributed by atoms with E-state index in [1.165, 1.54) is 11.1 Å². The SMILES string of the molecule is Cc1cccc(CNc2ccc(NC(=O)c3ccc(Br)cc3)nc2)c1. The summed E-state index contributed by atoms with van der Waals surface area (Å²) >= 11 is 3.35. The molecule has 0 unspecified atom stereocenters. The van der Waals surface area contributed by atoms with Crippen molar-refractivity contribution in [3.05, 3.63) is 88.0 Å². The quantitative estimate of drug-likeness (QED) is 0.637. The zero-order valence-electron chi connectivity index (χ0n) is 13.8. The van der Waals surface area contributed by atoms with Gasteiger partial charge in [0.15, 0.2) is 0 Å². The molecule has 0 spiro atoms. The monoisotopic (exact) mass is 395 g/mol. The lowest BCUT2D eigenvalue weighted by molar-refractivity contribution is 0.102. The van der Waals surface area contributed by atoms with Gasteiger partial charge in [-0.05, 0) is 48.9 Å². The number of hydrogen-bond donors (Lipinski definition) is 2. The van der Waals surface area contributed by atoms with Crippen LogP contribution in [0.3, 0.4) is 0 Å². The molecule has 126 valence electrons. The molecule has 5 heteroatoms. The van der Waals surface area contributed by atoms with E-state index in [1.807, 2.05) is 24.3 Å². The van der Waals surface area contributed by atoms with E-state index in [1.54, 1.807) is 24.4 Å². The lowest BCUT2D eigenvalue weighted by Gasteiger charge is -2.09. The second-order valence-corrected chi connectivity index (χ2v) is 6.65. The molecular weight excluding hydrogens is 378 g/mol. The van der Waals surface area contributed by atoms with Gasteiger partial charge in [0.2, 0.25) is 0 Å². The Balaban J connectivity index is 1.58. The number of hydrogen-bond acceptors (Lipinski definition) is 3. The second kappa shape index (κ2) is 7.94. The number of nitrogens with zero attached hydrogens (tertiary/aromatic N) is 1. The molecular formula is C20H18BrN3O. The van der Waals surface area contributed by atoms with Crippen molar-refractivity contribution in [1.29, 1.82) is 0 Å². The number of carbonyl (C=O) groups excluding carboxylic acids is 1. The third-order valence-electron chi connectivity index (χ3n) is 3.69. The van der Waals surface area contributed by atoms with Crippen LogP contribution >= 0.6 is 15.9 Å². The first-order valence-electron chi connectivity index (χ1n) is 7.92. The highest BCUT2D eigenvalue weighted by Crippen LogP contribution is 2.14. The third kappa shape index (κ3) is 4.90. The number of aryl methyl sites for hydroxylation is 1. The van der Waals surface area contributed by atoms with Crippen LogP contribution in [0.1, 0.15) is 21.5 Å². The lowest BCUT2D eigenvalue weighted by Crippen LogP contribution is -2.12. The van der Waals surface area contributed by atoms with Gasteiger partial charge in [-0.3, -0.25) is 4.79 Å². The maximum atomic E-state index is 12.2. The van der Waals surface area contributed by atoms with E-state index >= 15 is 0 Å². The van der Waals surface area contributed by atoms with Crippen LogP contribution in [0.5, 0.6) is 0 Å².